The lowest BCUT2D eigenvalue weighted by atomic mass is 10.2. The summed E-state index contributed by atoms with van der Waals surface area (Å²) in [5.74, 6) is 0. The molecule has 0 radical (unpaired) electrons. The van der Waals surface area contributed by atoms with Gasteiger partial charge in [0, 0.05) is 6.20 Å². The molecule has 2 aromatic heterocycles. The number of rotatable bonds is 1. The zero-order valence-electron chi connectivity index (χ0n) is 7.68. The van der Waals surface area contributed by atoms with Gasteiger partial charge in [0.15, 0.2) is 17.1 Å². The Hall–Kier alpha value is -1.88. The Kier molecular flexibility index (Phi) is 1.72. The van der Waals surface area contributed by atoms with Crippen molar-refractivity contribution >= 4 is 27.6 Å². The minimum absolute atomic E-state index is 0.572. The number of anilines is 1. The molecule has 0 atom stereocenters. The van der Waals surface area contributed by atoms with Gasteiger partial charge < -0.3 is 10.2 Å². The third-order valence-corrected chi connectivity index (χ3v) is 3.01. The predicted octanol–water partition coefficient (Wildman–Crippen LogP) is 2.53. The number of fused-ring (bicyclic) bond motifs is 1. The van der Waals surface area contributed by atoms with Gasteiger partial charge in [-0.15, -0.1) is 0 Å². The van der Waals surface area contributed by atoms with Crippen LogP contribution in [0.25, 0.3) is 21.5 Å². The lowest BCUT2D eigenvalue weighted by Gasteiger charge is -1.94. The van der Waals surface area contributed by atoms with Crippen LogP contribution >= 0.6 is 11.3 Å². The zero-order chi connectivity index (χ0) is 10.3. The number of hydrogen-bond acceptors (Lipinski definition) is 5. The highest BCUT2D eigenvalue weighted by atomic mass is 32.1. The van der Waals surface area contributed by atoms with Crippen LogP contribution in [-0.4, -0.2) is 9.97 Å². The number of nitrogen functional groups attached to an aromatic ring is 1. The molecule has 3 aromatic rings. The van der Waals surface area contributed by atoms with E-state index < -0.39 is 0 Å². The van der Waals surface area contributed by atoms with Crippen molar-refractivity contribution in [2.24, 2.45) is 0 Å². The van der Waals surface area contributed by atoms with Gasteiger partial charge in [-0.1, -0.05) is 17.4 Å². The number of benzene rings is 1. The van der Waals surface area contributed by atoms with E-state index in [0.717, 1.165) is 21.5 Å². The summed E-state index contributed by atoms with van der Waals surface area (Å²) < 4.78 is 5.23. The number of nitrogens with two attached hydrogens (primary N) is 1. The second-order valence-electron chi connectivity index (χ2n) is 3.10. The Morgan fingerprint density at radius 3 is 3.00 bits per heavy atom. The first-order valence-corrected chi connectivity index (χ1v) is 5.19. The molecule has 15 heavy (non-hydrogen) atoms. The summed E-state index contributed by atoms with van der Waals surface area (Å²) in [4.78, 5) is 9.10. The molecule has 4 nitrogen and oxygen atoms in total. The van der Waals surface area contributed by atoms with Gasteiger partial charge in [-0.3, -0.25) is 0 Å². The van der Waals surface area contributed by atoms with Crippen molar-refractivity contribution in [2.45, 2.75) is 0 Å². The van der Waals surface area contributed by atoms with Gasteiger partial charge in [0.05, 0.1) is 4.88 Å². The minimum Gasteiger partial charge on any atom is -0.443 e. The van der Waals surface area contributed by atoms with Crippen LogP contribution in [0.5, 0.6) is 0 Å². The maximum Gasteiger partial charge on any atom is 0.181 e. The Morgan fingerprint density at radius 1 is 1.27 bits per heavy atom. The van der Waals surface area contributed by atoms with E-state index in [2.05, 4.69) is 9.97 Å². The summed E-state index contributed by atoms with van der Waals surface area (Å²) in [6.45, 7) is 0. The molecule has 0 saturated heterocycles. The van der Waals surface area contributed by atoms with Crippen molar-refractivity contribution in [2.75, 3.05) is 5.73 Å². The largest absolute Gasteiger partial charge is 0.443 e. The molecule has 74 valence electrons. The lowest BCUT2D eigenvalue weighted by Crippen LogP contribution is -1.77. The van der Waals surface area contributed by atoms with E-state index in [1.54, 1.807) is 6.20 Å². The van der Waals surface area contributed by atoms with Crippen molar-refractivity contribution in [3.05, 3.63) is 30.8 Å². The number of thiazole rings is 1. The van der Waals surface area contributed by atoms with Crippen LogP contribution in [-0.2, 0) is 0 Å². The summed E-state index contributed by atoms with van der Waals surface area (Å²) in [5.41, 5.74) is 8.26. The second-order valence-corrected chi connectivity index (χ2v) is 4.16. The maximum atomic E-state index is 5.58. The monoisotopic (exact) mass is 217 g/mol. The molecule has 0 aliphatic heterocycles. The normalized spacial score (nSPS) is 10.9. The molecule has 0 amide bonds. The van der Waals surface area contributed by atoms with Gasteiger partial charge in [0.1, 0.15) is 5.52 Å². The smallest absolute Gasteiger partial charge is 0.181 e. The third-order valence-electron chi connectivity index (χ3n) is 2.14. The average Bonchev–Trinajstić information content (AvgIpc) is 2.84. The van der Waals surface area contributed by atoms with Crippen LogP contribution < -0.4 is 5.73 Å². The number of oxazole rings is 1. The van der Waals surface area contributed by atoms with E-state index >= 15 is 0 Å². The number of nitrogens with zero attached hydrogens (tertiary/aromatic N) is 2. The van der Waals surface area contributed by atoms with Gasteiger partial charge in [0.25, 0.3) is 0 Å². The molecular weight excluding hydrogens is 210 g/mol. The predicted molar refractivity (Wildman–Crippen MR) is 59.5 cm³/mol. The van der Waals surface area contributed by atoms with Crippen LogP contribution in [0.4, 0.5) is 5.13 Å². The highest BCUT2D eigenvalue weighted by molar-refractivity contribution is 7.18. The first-order chi connectivity index (χ1) is 7.33. The highest BCUT2D eigenvalue weighted by Gasteiger charge is 2.05. The van der Waals surface area contributed by atoms with E-state index in [0.29, 0.717) is 5.13 Å². The third kappa shape index (κ3) is 1.37. The summed E-state index contributed by atoms with van der Waals surface area (Å²) in [5, 5.41) is 0.572. The second kappa shape index (κ2) is 3.06. The summed E-state index contributed by atoms with van der Waals surface area (Å²) in [6.07, 6.45) is 3.20. The van der Waals surface area contributed by atoms with Gasteiger partial charge in [-0.05, 0) is 17.7 Å². The fourth-order valence-electron chi connectivity index (χ4n) is 1.43. The fraction of sp³-hybridized carbons (Fsp3) is 0. The van der Waals surface area contributed by atoms with Crippen LogP contribution in [0.15, 0.2) is 35.2 Å². The first kappa shape index (κ1) is 8.43. The topological polar surface area (TPSA) is 64.9 Å². The van der Waals surface area contributed by atoms with Gasteiger partial charge in [-0.2, -0.15) is 0 Å². The molecule has 0 spiro atoms. The summed E-state index contributed by atoms with van der Waals surface area (Å²) in [6, 6.07) is 5.84. The van der Waals surface area contributed by atoms with E-state index in [1.807, 2.05) is 18.2 Å². The molecule has 3 rings (SSSR count). The highest BCUT2D eigenvalue weighted by Crippen LogP contribution is 2.29. The molecular formula is C10H7N3OS. The first-order valence-electron chi connectivity index (χ1n) is 4.38. The zero-order valence-corrected chi connectivity index (χ0v) is 8.49. The number of hydrogen-bond donors (Lipinski definition) is 1. The van der Waals surface area contributed by atoms with Crippen LogP contribution in [0, 0.1) is 0 Å². The standard InChI is InChI=1S/C10H7N3OS/c11-10-12-4-9(15-10)6-1-2-7-8(3-6)14-5-13-7/h1-5H,(H2,11,12). The Balaban J connectivity index is 2.18. The quantitative estimate of drug-likeness (QED) is 0.680. The Bertz CT molecular complexity index is 614. The van der Waals surface area contributed by atoms with Gasteiger partial charge >= 0.3 is 0 Å². The van der Waals surface area contributed by atoms with Crippen LogP contribution in [0.3, 0.4) is 0 Å². The molecule has 2 N–H and O–H groups in total. The van der Waals surface area contributed by atoms with E-state index in [4.69, 9.17) is 10.2 Å². The van der Waals surface area contributed by atoms with Gasteiger partial charge in [0.2, 0.25) is 0 Å². The molecule has 1 aromatic carbocycles. The Morgan fingerprint density at radius 2 is 2.20 bits per heavy atom. The molecule has 0 unspecified atom stereocenters. The van der Waals surface area contributed by atoms with Crippen molar-refractivity contribution in [3.8, 4) is 10.4 Å². The fourth-order valence-corrected chi connectivity index (χ4v) is 2.11. The molecule has 0 bridgehead atoms. The minimum atomic E-state index is 0.572. The Labute approximate surface area is 89.4 Å². The lowest BCUT2D eigenvalue weighted by molar-refractivity contribution is 0.602. The van der Waals surface area contributed by atoms with Crippen molar-refractivity contribution < 1.29 is 4.42 Å². The molecule has 2 heterocycles. The van der Waals surface area contributed by atoms with Crippen LogP contribution in [0.1, 0.15) is 0 Å². The van der Waals surface area contributed by atoms with Gasteiger partial charge in [-0.25, -0.2) is 9.97 Å². The van der Waals surface area contributed by atoms with Crippen molar-refractivity contribution in [1.82, 2.24) is 9.97 Å². The molecule has 0 aliphatic rings. The van der Waals surface area contributed by atoms with Crippen molar-refractivity contribution in [1.29, 1.82) is 0 Å². The summed E-state index contributed by atoms with van der Waals surface area (Å²) in [7, 11) is 0. The maximum absolute atomic E-state index is 5.58. The average molecular weight is 217 g/mol. The van der Waals surface area contributed by atoms with E-state index in [9.17, 15) is 0 Å². The van der Waals surface area contributed by atoms with E-state index in [-0.39, 0.29) is 0 Å². The van der Waals surface area contributed by atoms with E-state index in [1.165, 1.54) is 17.7 Å². The van der Waals surface area contributed by atoms with Crippen LogP contribution in [0.2, 0.25) is 0 Å². The SMILES string of the molecule is Nc1ncc(-c2ccc3ncoc3c2)s1. The summed E-state index contributed by atoms with van der Waals surface area (Å²) >= 11 is 1.46. The molecule has 0 fully saturated rings. The molecule has 0 saturated carbocycles. The van der Waals surface area contributed by atoms with Crippen molar-refractivity contribution in [3.63, 3.8) is 0 Å². The number of aromatic nitrogens is 2. The molecule has 5 heteroatoms. The molecule has 0 aliphatic carbocycles.